The highest BCUT2D eigenvalue weighted by Gasteiger charge is 2.22. The molecule has 0 aliphatic heterocycles. The fraction of sp³-hybridized carbons (Fsp3) is 0.846. The summed E-state index contributed by atoms with van der Waals surface area (Å²) in [6.45, 7) is 4.99. The van der Waals surface area contributed by atoms with Gasteiger partial charge in [-0.2, -0.15) is 0 Å². The van der Waals surface area contributed by atoms with Gasteiger partial charge in [0.25, 0.3) is 0 Å². The number of urea groups is 1. The van der Waals surface area contributed by atoms with Crippen molar-refractivity contribution < 1.29 is 19.4 Å². The lowest BCUT2D eigenvalue weighted by Gasteiger charge is -2.26. The van der Waals surface area contributed by atoms with Gasteiger partial charge in [0.2, 0.25) is 0 Å². The van der Waals surface area contributed by atoms with Crippen LogP contribution in [0.25, 0.3) is 0 Å². The van der Waals surface area contributed by atoms with Crippen LogP contribution in [0.4, 0.5) is 4.79 Å². The molecule has 0 rings (SSSR count). The molecule has 3 N–H and O–H groups in total. The first-order valence-electron chi connectivity index (χ1n) is 6.71. The van der Waals surface area contributed by atoms with E-state index < -0.39 is 18.0 Å². The van der Waals surface area contributed by atoms with Gasteiger partial charge in [-0.05, 0) is 20.0 Å². The molecule has 2 atom stereocenters. The first-order valence-corrected chi connectivity index (χ1v) is 6.71. The Morgan fingerprint density at radius 1 is 1.25 bits per heavy atom. The lowest BCUT2D eigenvalue weighted by Crippen LogP contribution is -2.52. The summed E-state index contributed by atoms with van der Waals surface area (Å²) in [6.07, 6.45) is 0.235. The highest BCUT2D eigenvalue weighted by atomic mass is 16.5. The Morgan fingerprint density at radius 2 is 1.85 bits per heavy atom. The summed E-state index contributed by atoms with van der Waals surface area (Å²) >= 11 is 0. The first kappa shape index (κ1) is 18.7. The first-order chi connectivity index (χ1) is 9.27. The van der Waals surface area contributed by atoms with Crippen molar-refractivity contribution in [2.45, 2.75) is 32.4 Å². The number of methoxy groups -OCH3 is 1. The summed E-state index contributed by atoms with van der Waals surface area (Å²) in [5.74, 6) is -0.809. The smallest absolute Gasteiger partial charge is 0.326 e. The molecule has 2 amide bonds. The Bertz CT molecular complexity index is 308. The molecule has 0 aliphatic rings. The Kier molecular flexibility index (Phi) is 8.91. The van der Waals surface area contributed by atoms with E-state index in [0.29, 0.717) is 6.54 Å². The summed E-state index contributed by atoms with van der Waals surface area (Å²) in [5.41, 5.74) is 0. The Labute approximate surface area is 120 Å². The van der Waals surface area contributed by atoms with Gasteiger partial charge >= 0.3 is 12.0 Å². The van der Waals surface area contributed by atoms with E-state index in [9.17, 15) is 9.59 Å². The van der Waals surface area contributed by atoms with Crippen LogP contribution in [0.15, 0.2) is 0 Å². The van der Waals surface area contributed by atoms with Crippen molar-refractivity contribution in [3.05, 3.63) is 0 Å². The predicted octanol–water partition coefficient (Wildman–Crippen LogP) is 0.362. The topological polar surface area (TPSA) is 90.9 Å². The number of rotatable bonds is 9. The number of amides is 2. The van der Waals surface area contributed by atoms with Crippen molar-refractivity contribution in [2.24, 2.45) is 5.92 Å². The van der Waals surface area contributed by atoms with Crippen LogP contribution >= 0.6 is 0 Å². The van der Waals surface area contributed by atoms with Gasteiger partial charge in [-0.1, -0.05) is 13.8 Å². The maximum Gasteiger partial charge on any atom is 0.326 e. The average molecular weight is 289 g/mol. The van der Waals surface area contributed by atoms with Crippen molar-refractivity contribution >= 4 is 12.0 Å². The molecule has 0 aromatic carbocycles. The number of nitrogens with zero attached hydrogens (tertiary/aromatic N) is 1. The van der Waals surface area contributed by atoms with Crippen LogP contribution in [0.2, 0.25) is 0 Å². The molecule has 0 aromatic rings. The fourth-order valence-electron chi connectivity index (χ4n) is 1.68. The van der Waals surface area contributed by atoms with Gasteiger partial charge in [-0.25, -0.2) is 9.59 Å². The number of aliphatic carboxylic acids is 1. The molecule has 0 bridgehead atoms. The third kappa shape index (κ3) is 7.96. The van der Waals surface area contributed by atoms with E-state index in [1.54, 1.807) is 0 Å². The molecule has 7 nitrogen and oxygen atoms in total. The molecule has 118 valence electrons. The highest BCUT2D eigenvalue weighted by molar-refractivity contribution is 5.82. The summed E-state index contributed by atoms with van der Waals surface area (Å²) in [7, 11) is 5.34. The minimum Gasteiger partial charge on any atom is -0.480 e. The minimum atomic E-state index is -1.06. The molecule has 0 heterocycles. The van der Waals surface area contributed by atoms with Gasteiger partial charge in [-0.3, -0.25) is 0 Å². The Balaban J connectivity index is 4.44. The SMILES string of the molecule is COCCC(NC(=O)NC(CN(C)C)C(C)C)C(=O)O. The number of ether oxygens (including phenoxy) is 1. The molecule has 0 radical (unpaired) electrons. The summed E-state index contributed by atoms with van der Waals surface area (Å²) in [6, 6.07) is -1.45. The van der Waals surface area contributed by atoms with E-state index in [2.05, 4.69) is 10.6 Å². The number of carboxylic acid groups (broad SMARTS) is 1. The number of hydrogen-bond acceptors (Lipinski definition) is 4. The average Bonchev–Trinajstić information content (AvgIpc) is 2.32. The molecule has 0 saturated carbocycles. The van der Waals surface area contributed by atoms with Gasteiger partial charge < -0.3 is 25.4 Å². The second-order valence-electron chi connectivity index (χ2n) is 5.40. The lowest BCUT2D eigenvalue weighted by molar-refractivity contribution is -0.139. The van der Waals surface area contributed by atoms with E-state index >= 15 is 0 Å². The Morgan fingerprint density at radius 3 is 2.25 bits per heavy atom. The number of carbonyl (C=O) groups excluding carboxylic acids is 1. The summed E-state index contributed by atoms with van der Waals surface area (Å²) in [5, 5.41) is 14.3. The quantitative estimate of drug-likeness (QED) is 0.570. The maximum atomic E-state index is 11.9. The molecule has 0 fully saturated rings. The molecule has 2 unspecified atom stereocenters. The van der Waals surface area contributed by atoms with E-state index in [0.717, 1.165) is 0 Å². The molecule has 20 heavy (non-hydrogen) atoms. The summed E-state index contributed by atoms with van der Waals surface area (Å²) in [4.78, 5) is 24.9. The standard InChI is InChI=1S/C13H27N3O4/c1-9(2)11(8-16(3)4)15-13(19)14-10(12(17)18)6-7-20-5/h9-11H,6-8H2,1-5H3,(H,17,18)(H2,14,15,19). The van der Waals surface area contributed by atoms with E-state index in [1.807, 2.05) is 32.8 Å². The largest absolute Gasteiger partial charge is 0.480 e. The normalized spacial score (nSPS) is 14.2. The van der Waals surface area contributed by atoms with Crippen LogP contribution in [0, 0.1) is 5.92 Å². The third-order valence-electron chi connectivity index (χ3n) is 2.90. The monoisotopic (exact) mass is 289 g/mol. The number of hydrogen-bond donors (Lipinski definition) is 3. The molecule has 7 heteroatoms. The zero-order chi connectivity index (χ0) is 15.7. The van der Waals surface area contributed by atoms with E-state index in [4.69, 9.17) is 9.84 Å². The zero-order valence-electron chi connectivity index (χ0n) is 13.0. The van der Waals surface area contributed by atoms with Gasteiger partial charge in [0.15, 0.2) is 0 Å². The van der Waals surface area contributed by atoms with Crippen molar-refractivity contribution in [2.75, 3.05) is 34.4 Å². The fourth-order valence-corrected chi connectivity index (χ4v) is 1.68. The van der Waals surface area contributed by atoms with Crippen LogP contribution < -0.4 is 10.6 Å². The second-order valence-corrected chi connectivity index (χ2v) is 5.40. The van der Waals surface area contributed by atoms with Crippen molar-refractivity contribution in [3.8, 4) is 0 Å². The maximum absolute atomic E-state index is 11.9. The summed E-state index contributed by atoms with van der Waals surface area (Å²) < 4.78 is 4.83. The highest BCUT2D eigenvalue weighted by Crippen LogP contribution is 2.03. The number of likely N-dealkylation sites (N-methyl/N-ethyl adjacent to an activating group) is 1. The van der Waals surface area contributed by atoms with Crippen molar-refractivity contribution in [1.82, 2.24) is 15.5 Å². The van der Waals surface area contributed by atoms with Crippen LogP contribution in [-0.4, -0.2) is 68.4 Å². The van der Waals surface area contributed by atoms with E-state index in [-0.39, 0.29) is 25.0 Å². The van der Waals surface area contributed by atoms with Crippen LogP contribution in [-0.2, 0) is 9.53 Å². The van der Waals surface area contributed by atoms with Crippen LogP contribution in [0.3, 0.4) is 0 Å². The molecule has 0 saturated heterocycles. The Hall–Kier alpha value is -1.34. The predicted molar refractivity (Wildman–Crippen MR) is 76.8 cm³/mol. The van der Waals surface area contributed by atoms with Crippen molar-refractivity contribution in [1.29, 1.82) is 0 Å². The van der Waals surface area contributed by atoms with Gasteiger partial charge in [0, 0.05) is 32.7 Å². The van der Waals surface area contributed by atoms with Crippen LogP contribution in [0.1, 0.15) is 20.3 Å². The number of carbonyl (C=O) groups is 2. The molecule has 0 aromatic heterocycles. The van der Waals surface area contributed by atoms with Crippen LogP contribution in [0.5, 0.6) is 0 Å². The second kappa shape index (κ2) is 9.55. The van der Waals surface area contributed by atoms with E-state index in [1.165, 1.54) is 7.11 Å². The van der Waals surface area contributed by atoms with Gasteiger partial charge in [0.05, 0.1) is 0 Å². The number of carboxylic acids is 1. The minimum absolute atomic E-state index is 0.0399. The lowest BCUT2D eigenvalue weighted by atomic mass is 10.0. The molecular weight excluding hydrogens is 262 g/mol. The van der Waals surface area contributed by atoms with Crippen molar-refractivity contribution in [3.63, 3.8) is 0 Å². The third-order valence-corrected chi connectivity index (χ3v) is 2.90. The van der Waals surface area contributed by atoms with Gasteiger partial charge in [0.1, 0.15) is 6.04 Å². The zero-order valence-corrected chi connectivity index (χ0v) is 13.0. The number of nitrogens with one attached hydrogen (secondary N) is 2. The molecule has 0 spiro atoms. The molecular formula is C13H27N3O4. The van der Waals surface area contributed by atoms with Gasteiger partial charge in [-0.15, -0.1) is 0 Å². The molecule has 0 aliphatic carbocycles.